The first-order valence-corrected chi connectivity index (χ1v) is 6.37. The molecule has 0 aliphatic rings. The van der Waals surface area contributed by atoms with Gasteiger partial charge in [0.2, 0.25) is 0 Å². The number of hydrogen-bond donors (Lipinski definition) is 2. The third-order valence-electron chi connectivity index (χ3n) is 3.08. The summed E-state index contributed by atoms with van der Waals surface area (Å²) < 4.78 is 4.87. The lowest BCUT2D eigenvalue weighted by Crippen LogP contribution is -2.22. The number of nitrogen functional groups attached to an aromatic ring is 1. The van der Waals surface area contributed by atoms with E-state index >= 15 is 0 Å². The number of rotatable bonds is 4. The Labute approximate surface area is 118 Å². The molecule has 0 aromatic heterocycles. The Morgan fingerprint density at radius 3 is 2.55 bits per heavy atom. The molecule has 1 unspecified atom stereocenters. The van der Waals surface area contributed by atoms with Crippen molar-refractivity contribution in [2.75, 3.05) is 18.2 Å². The van der Waals surface area contributed by atoms with Crippen LogP contribution in [0.1, 0.15) is 17.2 Å². The summed E-state index contributed by atoms with van der Waals surface area (Å²) in [4.78, 5) is 12.0. The highest BCUT2D eigenvalue weighted by Crippen LogP contribution is 2.26. The number of carbonyl (C=O) groups excluding carboxylic acids is 1. The molecule has 0 spiro atoms. The minimum absolute atomic E-state index is 0.350. The fourth-order valence-corrected chi connectivity index (χ4v) is 1.99. The van der Waals surface area contributed by atoms with Crippen molar-refractivity contribution in [3.8, 4) is 0 Å². The molecular formula is C16H18N2O2. The van der Waals surface area contributed by atoms with Gasteiger partial charge in [0.25, 0.3) is 0 Å². The summed E-state index contributed by atoms with van der Waals surface area (Å²) in [6.45, 7) is 1.97. The van der Waals surface area contributed by atoms with Crippen molar-refractivity contribution < 1.29 is 9.53 Å². The zero-order valence-corrected chi connectivity index (χ0v) is 11.6. The van der Waals surface area contributed by atoms with Gasteiger partial charge in [-0.3, -0.25) is 0 Å². The second-order valence-corrected chi connectivity index (χ2v) is 4.60. The minimum atomic E-state index is -0.578. The Hall–Kier alpha value is -2.49. The van der Waals surface area contributed by atoms with Crippen molar-refractivity contribution in [2.24, 2.45) is 0 Å². The van der Waals surface area contributed by atoms with Crippen LogP contribution in [0.3, 0.4) is 0 Å². The summed E-state index contributed by atoms with van der Waals surface area (Å²) in [6, 6.07) is 14.5. The van der Waals surface area contributed by atoms with Gasteiger partial charge < -0.3 is 15.8 Å². The number of nitrogens with two attached hydrogens (primary N) is 1. The number of anilines is 2. The van der Waals surface area contributed by atoms with Crippen LogP contribution in [0.5, 0.6) is 0 Å². The number of methoxy groups -OCH3 is 1. The Morgan fingerprint density at radius 2 is 1.90 bits per heavy atom. The van der Waals surface area contributed by atoms with Crippen molar-refractivity contribution in [1.82, 2.24) is 0 Å². The molecule has 0 fully saturated rings. The molecular weight excluding hydrogens is 252 g/mol. The normalized spacial score (nSPS) is 11.7. The maximum atomic E-state index is 12.0. The molecule has 0 aliphatic carbocycles. The van der Waals surface area contributed by atoms with Gasteiger partial charge in [0.05, 0.1) is 18.5 Å². The van der Waals surface area contributed by atoms with E-state index in [4.69, 9.17) is 10.5 Å². The summed E-state index contributed by atoms with van der Waals surface area (Å²) in [5.74, 6) is -0.350. The van der Waals surface area contributed by atoms with E-state index in [0.717, 1.165) is 16.8 Å². The van der Waals surface area contributed by atoms with E-state index in [9.17, 15) is 4.79 Å². The average Bonchev–Trinajstić information content (AvgIpc) is 2.48. The van der Waals surface area contributed by atoms with Crippen LogP contribution in [-0.2, 0) is 9.53 Å². The number of aryl methyl sites for hydroxylation is 1. The second kappa shape index (κ2) is 6.10. The Kier molecular flexibility index (Phi) is 4.25. The van der Waals surface area contributed by atoms with E-state index in [1.165, 1.54) is 7.11 Å². The molecule has 104 valence electrons. The van der Waals surface area contributed by atoms with Crippen molar-refractivity contribution in [3.05, 3.63) is 59.7 Å². The van der Waals surface area contributed by atoms with Gasteiger partial charge in [0.1, 0.15) is 0 Å². The van der Waals surface area contributed by atoms with Gasteiger partial charge in [0.15, 0.2) is 6.04 Å². The van der Waals surface area contributed by atoms with E-state index in [1.807, 2.05) is 55.5 Å². The van der Waals surface area contributed by atoms with Crippen LogP contribution in [0.4, 0.5) is 11.4 Å². The van der Waals surface area contributed by atoms with Crippen molar-refractivity contribution in [1.29, 1.82) is 0 Å². The highest BCUT2D eigenvalue weighted by Gasteiger charge is 2.21. The molecule has 3 N–H and O–H groups in total. The van der Waals surface area contributed by atoms with Crippen LogP contribution in [-0.4, -0.2) is 13.1 Å². The molecule has 20 heavy (non-hydrogen) atoms. The topological polar surface area (TPSA) is 64.3 Å². The van der Waals surface area contributed by atoms with Gasteiger partial charge in [-0.2, -0.15) is 0 Å². The molecule has 1 atom stereocenters. The number of ether oxygens (including phenoxy) is 1. The highest BCUT2D eigenvalue weighted by atomic mass is 16.5. The van der Waals surface area contributed by atoms with Crippen LogP contribution in [0.15, 0.2) is 48.5 Å². The Morgan fingerprint density at radius 1 is 1.20 bits per heavy atom. The van der Waals surface area contributed by atoms with Gasteiger partial charge in [0, 0.05) is 0 Å². The number of esters is 1. The predicted molar refractivity (Wildman–Crippen MR) is 80.4 cm³/mol. The molecule has 0 bridgehead atoms. The van der Waals surface area contributed by atoms with Gasteiger partial charge in [-0.1, -0.05) is 36.4 Å². The smallest absolute Gasteiger partial charge is 0.332 e. The fraction of sp³-hybridized carbons (Fsp3) is 0.188. The quantitative estimate of drug-likeness (QED) is 0.662. The number of nitrogens with one attached hydrogen (secondary N) is 1. The minimum Gasteiger partial charge on any atom is -0.467 e. The third-order valence-corrected chi connectivity index (χ3v) is 3.08. The van der Waals surface area contributed by atoms with Gasteiger partial charge in [-0.05, 0) is 30.2 Å². The van der Waals surface area contributed by atoms with Crippen LogP contribution in [0.25, 0.3) is 0 Å². The molecule has 4 nitrogen and oxygen atoms in total. The van der Waals surface area contributed by atoms with E-state index in [1.54, 1.807) is 0 Å². The fourth-order valence-electron chi connectivity index (χ4n) is 1.99. The standard InChI is InChI=1S/C16H18N2O2/c1-11-8-9-13(17)14(10-11)18-15(16(19)20-2)12-6-4-3-5-7-12/h3-10,15,18H,17H2,1-2H3. The summed E-state index contributed by atoms with van der Waals surface area (Å²) in [5, 5.41) is 3.16. The third kappa shape index (κ3) is 3.09. The maximum Gasteiger partial charge on any atom is 0.332 e. The Balaban J connectivity index is 2.34. The molecule has 2 rings (SSSR count). The molecule has 4 heteroatoms. The molecule has 0 amide bonds. The highest BCUT2D eigenvalue weighted by molar-refractivity contribution is 5.83. The second-order valence-electron chi connectivity index (χ2n) is 4.60. The predicted octanol–water partition coefficient (Wildman–Crippen LogP) is 2.90. The number of carbonyl (C=O) groups is 1. The summed E-state index contributed by atoms with van der Waals surface area (Å²) >= 11 is 0. The Bertz CT molecular complexity index is 597. The lowest BCUT2D eigenvalue weighted by atomic mass is 10.1. The molecule has 0 saturated carbocycles. The van der Waals surface area contributed by atoms with Crippen LogP contribution < -0.4 is 11.1 Å². The van der Waals surface area contributed by atoms with Crippen molar-refractivity contribution >= 4 is 17.3 Å². The molecule has 0 aliphatic heterocycles. The van der Waals surface area contributed by atoms with Crippen LogP contribution >= 0.6 is 0 Å². The van der Waals surface area contributed by atoms with E-state index in [0.29, 0.717) is 5.69 Å². The van der Waals surface area contributed by atoms with E-state index < -0.39 is 6.04 Å². The lowest BCUT2D eigenvalue weighted by molar-refractivity contribution is -0.141. The summed E-state index contributed by atoms with van der Waals surface area (Å²) in [7, 11) is 1.37. The molecule has 2 aromatic carbocycles. The van der Waals surface area contributed by atoms with Crippen molar-refractivity contribution in [3.63, 3.8) is 0 Å². The molecule has 0 radical (unpaired) electrons. The number of benzene rings is 2. The first kappa shape index (κ1) is 13.9. The van der Waals surface area contributed by atoms with E-state index in [-0.39, 0.29) is 5.97 Å². The average molecular weight is 270 g/mol. The van der Waals surface area contributed by atoms with Crippen LogP contribution in [0.2, 0.25) is 0 Å². The van der Waals surface area contributed by atoms with E-state index in [2.05, 4.69) is 5.32 Å². The van der Waals surface area contributed by atoms with Gasteiger partial charge in [-0.15, -0.1) is 0 Å². The molecule has 0 heterocycles. The molecule has 2 aromatic rings. The number of hydrogen-bond acceptors (Lipinski definition) is 4. The van der Waals surface area contributed by atoms with Gasteiger partial charge in [-0.25, -0.2) is 4.79 Å². The largest absolute Gasteiger partial charge is 0.467 e. The van der Waals surface area contributed by atoms with Crippen molar-refractivity contribution in [2.45, 2.75) is 13.0 Å². The maximum absolute atomic E-state index is 12.0. The summed E-state index contributed by atoms with van der Waals surface area (Å²) in [5.41, 5.74) is 9.17. The first-order valence-electron chi connectivity index (χ1n) is 6.37. The SMILES string of the molecule is COC(=O)C(Nc1cc(C)ccc1N)c1ccccc1. The zero-order chi connectivity index (χ0) is 14.5. The zero-order valence-electron chi connectivity index (χ0n) is 11.6. The first-order chi connectivity index (χ1) is 9.61. The lowest BCUT2D eigenvalue weighted by Gasteiger charge is -2.19. The van der Waals surface area contributed by atoms with Gasteiger partial charge >= 0.3 is 5.97 Å². The monoisotopic (exact) mass is 270 g/mol. The molecule has 0 saturated heterocycles. The van der Waals surface area contributed by atoms with Crippen LogP contribution in [0, 0.1) is 6.92 Å². The summed E-state index contributed by atoms with van der Waals surface area (Å²) in [6.07, 6.45) is 0.